The summed E-state index contributed by atoms with van der Waals surface area (Å²) in [4.78, 5) is 2.99. The van der Waals surface area contributed by atoms with Crippen LogP contribution in [0, 0.1) is 5.92 Å². The summed E-state index contributed by atoms with van der Waals surface area (Å²) in [6, 6.07) is 4.52. The van der Waals surface area contributed by atoms with Crippen molar-refractivity contribution in [2.75, 3.05) is 18.1 Å². The summed E-state index contributed by atoms with van der Waals surface area (Å²) < 4.78 is 0. The molecule has 84 valence electrons. The van der Waals surface area contributed by atoms with Gasteiger partial charge in [-0.2, -0.15) is 11.8 Å². The molecule has 0 aliphatic carbocycles. The van der Waals surface area contributed by atoms with Crippen molar-refractivity contribution in [1.29, 1.82) is 0 Å². The highest BCUT2D eigenvalue weighted by atomic mass is 32.2. The van der Waals surface area contributed by atoms with Gasteiger partial charge in [0.2, 0.25) is 0 Å². The average molecular weight is 241 g/mol. The molecule has 1 saturated heterocycles. The Morgan fingerprint density at radius 2 is 2.27 bits per heavy atom. The fourth-order valence-electron chi connectivity index (χ4n) is 1.85. The monoisotopic (exact) mass is 241 g/mol. The van der Waals surface area contributed by atoms with Crippen LogP contribution >= 0.6 is 23.1 Å². The van der Waals surface area contributed by atoms with E-state index in [-0.39, 0.29) is 0 Å². The second-order valence-electron chi connectivity index (χ2n) is 4.08. The summed E-state index contributed by atoms with van der Waals surface area (Å²) in [5, 5.41) is 3.58. The Bertz CT molecular complexity index is 290. The van der Waals surface area contributed by atoms with Crippen molar-refractivity contribution < 1.29 is 0 Å². The maximum atomic E-state index is 3.58. The van der Waals surface area contributed by atoms with E-state index < -0.39 is 0 Å². The van der Waals surface area contributed by atoms with Crippen LogP contribution in [0.25, 0.3) is 0 Å². The van der Waals surface area contributed by atoms with Crippen molar-refractivity contribution in [2.24, 2.45) is 5.92 Å². The smallest absolute Gasteiger partial charge is 0.0299 e. The van der Waals surface area contributed by atoms with Crippen molar-refractivity contribution in [2.45, 2.75) is 26.3 Å². The molecule has 15 heavy (non-hydrogen) atoms. The van der Waals surface area contributed by atoms with E-state index in [9.17, 15) is 0 Å². The standard InChI is InChI=1S/C12H19NS2/c1-2-11-3-4-12(15-11)8-13-7-10-5-6-14-9-10/h3-4,10,13H,2,5-9H2,1H3. The minimum Gasteiger partial charge on any atom is -0.312 e. The Kier molecular flexibility index (Phi) is 4.54. The maximum absolute atomic E-state index is 3.58. The summed E-state index contributed by atoms with van der Waals surface area (Å²) in [6.45, 7) is 4.48. The van der Waals surface area contributed by atoms with Crippen LogP contribution in [-0.4, -0.2) is 18.1 Å². The van der Waals surface area contributed by atoms with Gasteiger partial charge >= 0.3 is 0 Å². The molecule has 0 saturated carbocycles. The second-order valence-corrected chi connectivity index (χ2v) is 6.48. The molecule has 1 aromatic rings. The first-order chi connectivity index (χ1) is 7.38. The summed E-state index contributed by atoms with van der Waals surface area (Å²) in [5.41, 5.74) is 0. The molecule has 1 N–H and O–H groups in total. The second kappa shape index (κ2) is 5.92. The molecule has 1 unspecified atom stereocenters. The van der Waals surface area contributed by atoms with E-state index in [4.69, 9.17) is 0 Å². The van der Waals surface area contributed by atoms with Gasteiger partial charge in [-0.15, -0.1) is 11.3 Å². The van der Waals surface area contributed by atoms with Crippen molar-refractivity contribution >= 4 is 23.1 Å². The Morgan fingerprint density at radius 1 is 1.40 bits per heavy atom. The lowest BCUT2D eigenvalue weighted by molar-refractivity contribution is 0.525. The van der Waals surface area contributed by atoms with Crippen LogP contribution in [-0.2, 0) is 13.0 Å². The Hall–Kier alpha value is 0.01000. The molecule has 0 aromatic carbocycles. The van der Waals surface area contributed by atoms with Crippen LogP contribution in [0.5, 0.6) is 0 Å². The first-order valence-electron chi connectivity index (χ1n) is 5.74. The number of hydrogen-bond donors (Lipinski definition) is 1. The highest BCUT2D eigenvalue weighted by molar-refractivity contribution is 7.99. The zero-order valence-electron chi connectivity index (χ0n) is 9.29. The third-order valence-corrected chi connectivity index (χ3v) is 5.28. The van der Waals surface area contributed by atoms with E-state index in [1.165, 1.54) is 40.6 Å². The Balaban J connectivity index is 1.68. The first-order valence-corrected chi connectivity index (χ1v) is 7.71. The van der Waals surface area contributed by atoms with Crippen LogP contribution in [0.3, 0.4) is 0 Å². The zero-order chi connectivity index (χ0) is 10.5. The fraction of sp³-hybridized carbons (Fsp3) is 0.667. The SMILES string of the molecule is CCc1ccc(CNCC2CCSC2)s1. The topological polar surface area (TPSA) is 12.0 Å². The lowest BCUT2D eigenvalue weighted by Gasteiger charge is -2.08. The molecule has 0 bridgehead atoms. The molecule has 2 rings (SSSR count). The van der Waals surface area contributed by atoms with Crippen LogP contribution in [0.1, 0.15) is 23.1 Å². The minimum absolute atomic E-state index is 0.917. The third-order valence-electron chi connectivity index (χ3n) is 2.82. The third kappa shape index (κ3) is 3.51. The van der Waals surface area contributed by atoms with E-state index in [0.29, 0.717) is 0 Å². The first kappa shape index (κ1) is 11.5. The van der Waals surface area contributed by atoms with E-state index in [1.807, 2.05) is 11.3 Å². The molecule has 1 atom stereocenters. The summed E-state index contributed by atoms with van der Waals surface area (Å²) >= 11 is 4.05. The summed E-state index contributed by atoms with van der Waals surface area (Å²) in [7, 11) is 0. The number of nitrogens with one attached hydrogen (secondary N) is 1. The quantitative estimate of drug-likeness (QED) is 0.850. The predicted octanol–water partition coefficient (Wildman–Crippen LogP) is 3.15. The van der Waals surface area contributed by atoms with E-state index in [2.05, 4.69) is 36.1 Å². The van der Waals surface area contributed by atoms with Gasteiger partial charge in [-0.3, -0.25) is 0 Å². The lowest BCUT2D eigenvalue weighted by Crippen LogP contribution is -2.21. The van der Waals surface area contributed by atoms with Gasteiger partial charge < -0.3 is 5.32 Å². The molecule has 1 aliphatic heterocycles. The Morgan fingerprint density at radius 3 is 2.93 bits per heavy atom. The molecule has 0 radical (unpaired) electrons. The van der Waals surface area contributed by atoms with Gasteiger partial charge in [0.15, 0.2) is 0 Å². The molecule has 1 nitrogen and oxygen atoms in total. The molecular formula is C12H19NS2. The van der Waals surface area contributed by atoms with Gasteiger partial charge in [0.25, 0.3) is 0 Å². The lowest BCUT2D eigenvalue weighted by atomic mass is 10.1. The van der Waals surface area contributed by atoms with Gasteiger partial charge in [-0.25, -0.2) is 0 Å². The van der Waals surface area contributed by atoms with E-state index in [1.54, 1.807) is 0 Å². The molecule has 1 aliphatic rings. The molecule has 1 aromatic heterocycles. The highest BCUT2D eigenvalue weighted by Crippen LogP contribution is 2.23. The summed E-state index contributed by atoms with van der Waals surface area (Å²) in [5.74, 6) is 3.64. The predicted molar refractivity (Wildman–Crippen MR) is 70.8 cm³/mol. The molecular weight excluding hydrogens is 222 g/mol. The number of thiophene rings is 1. The normalized spacial score (nSPS) is 21.0. The van der Waals surface area contributed by atoms with Crippen LogP contribution < -0.4 is 5.32 Å². The number of thioether (sulfide) groups is 1. The van der Waals surface area contributed by atoms with Gasteiger partial charge in [0.1, 0.15) is 0 Å². The zero-order valence-corrected chi connectivity index (χ0v) is 10.9. The molecule has 2 heterocycles. The largest absolute Gasteiger partial charge is 0.312 e. The maximum Gasteiger partial charge on any atom is 0.0299 e. The van der Waals surface area contributed by atoms with E-state index in [0.717, 1.165) is 12.5 Å². The van der Waals surface area contributed by atoms with Gasteiger partial charge in [-0.05, 0) is 48.9 Å². The minimum atomic E-state index is 0.917. The van der Waals surface area contributed by atoms with Gasteiger partial charge in [0, 0.05) is 16.3 Å². The highest BCUT2D eigenvalue weighted by Gasteiger charge is 2.14. The number of rotatable bonds is 5. The fourth-order valence-corrected chi connectivity index (χ4v) is 4.06. The van der Waals surface area contributed by atoms with Gasteiger partial charge in [0.05, 0.1) is 0 Å². The van der Waals surface area contributed by atoms with Crippen molar-refractivity contribution in [3.8, 4) is 0 Å². The van der Waals surface area contributed by atoms with Crippen LogP contribution in [0.15, 0.2) is 12.1 Å². The number of hydrogen-bond acceptors (Lipinski definition) is 3. The average Bonchev–Trinajstić information content (AvgIpc) is 2.88. The van der Waals surface area contributed by atoms with Crippen molar-refractivity contribution in [1.82, 2.24) is 5.32 Å². The van der Waals surface area contributed by atoms with Crippen LogP contribution in [0.2, 0.25) is 0 Å². The summed E-state index contributed by atoms with van der Waals surface area (Å²) in [6.07, 6.45) is 2.58. The van der Waals surface area contributed by atoms with Crippen molar-refractivity contribution in [3.05, 3.63) is 21.9 Å². The molecule has 0 spiro atoms. The van der Waals surface area contributed by atoms with E-state index >= 15 is 0 Å². The number of aryl methyl sites for hydroxylation is 1. The molecule has 0 amide bonds. The van der Waals surface area contributed by atoms with Gasteiger partial charge in [-0.1, -0.05) is 6.92 Å². The van der Waals surface area contributed by atoms with Crippen molar-refractivity contribution in [3.63, 3.8) is 0 Å². The Labute approximate surface area is 101 Å². The molecule has 3 heteroatoms. The van der Waals surface area contributed by atoms with Crippen LogP contribution in [0.4, 0.5) is 0 Å². The molecule has 1 fully saturated rings.